The molecule has 1 rings (SSSR count). The molecule has 1 aromatic rings. The zero-order valence-electron chi connectivity index (χ0n) is 9.72. The molecule has 0 amide bonds. The van der Waals surface area contributed by atoms with Gasteiger partial charge in [0.05, 0.1) is 11.1 Å². The van der Waals surface area contributed by atoms with Gasteiger partial charge in [-0.1, -0.05) is 0 Å². The standard InChI is InChI=1S/C11H18BrN3O/c1-9-3-4-14-11(10(9)12)15-6-5-13-7-8-16-2/h3-4,13H,5-8H2,1-2H3,(H,14,15). The molecule has 0 aromatic carbocycles. The van der Waals surface area contributed by atoms with Crippen LogP contribution in [-0.2, 0) is 4.74 Å². The molecule has 2 N–H and O–H groups in total. The molecule has 0 saturated heterocycles. The van der Waals surface area contributed by atoms with Gasteiger partial charge in [0.15, 0.2) is 0 Å². The van der Waals surface area contributed by atoms with Gasteiger partial charge in [-0.25, -0.2) is 4.98 Å². The summed E-state index contributed by atoms with van der Waals surface area (Å²) in [6.45, 7) is 5.41. The highest BCUT2D eigenvalue weighted by Crippen LogP contribution is 2.22. The smallest absolute Gasteiger partial charge is 0.140 e. The van der Waals surface area contributed by atoms with Crippen LogP contribution < -0.4 is 10.6 Å². The number of halogens is 1. The van der Waals surface area contributed by atoms with Crippen LogP contribution in [0.4, 0.5) is 5.82 Å². The lowest BCUT2D eigenvalue weighted by molar-refractivity contribution is 0.200. The molecule has 0 bridgehead atoms. The zero-order valence-corrected chi connectivity index (χ0v) is 11.3. The van der Waals surface area contributed by atoms with Crippen molar-refractivity contribution in [3.05, 3.63) is 22.3 Å². The minimum Gasteiger partial charge on any atom is -0.383 e. The molecule has 0 radical (unpaired) electrons. The maximum absolute atomic E-state index is 4.94. The molecule has 5 heteroatoms. The molecule has 0 aliphatic carbocycles. The highest BCUT2D eigenvalue weighted by molar-refractivity contribution is 9.10. The van der Waals surface area contributed by atoms with E-state index in [2.05, 4.69) is 31.5 Å². The second kappa shape index (κ2) is 7.60. The van der Waals surface area contributed by atoms with Gasteiger partial charge in [-0.3, -0.25) is 0 Å². The van der Waals surface area contributed by atoms with Gasteiger partial charge in [0, 0.05) is 32.9 Å². The average molecular weight is 288 g/mol. The number of nitrogens with one attached hydrogen (secondary N) is 2. The fourth-order valence-electron chi connectivity index (χ4n) is 1.23. The van der Waals surface area contributed by atoms with E-state index in [4.69, 9.17) is 4.74 Å². The van der Waals surface area contributed by atoms with Gasteiger partial charge in [0.25, 0.3) is 0 Å². The fourth-order valence-corrected chi connectivity index (χ4v) is 1.61. The normalized spacial score (nSPS) is 10.4. The Hall–Kier alpha value is -0.650. The van der Waals surface area contributed by atoms with E-state index < -0.39 is 0 Å². The lowest BCUT2D eigenvalue weighted by Crippen LogP contribution is -2.25. The van der Waals surface area contributed by atoms with Crippen LogP contribution in [0.5, 0.6) is 0 Å². The molecule has 0 atom stereocenters. The minimum absolute atomic E-state index is 0.742. The van der Waals surface area contributed by atoms with E-state index in [9.17, 15) is 0 Å². The SMILES string of the molecule is COCCNCCNc1nccc(C)c1Br. The first-order valence-electron chi connectivity index (χ1n) is 5.30. The van der Waals surface area contributed by atoms with Gasteiger partial charge in [-0.15, -0.1) is 0 Å². The van der Waals surface area contributed by atoms with Crippen molar-refractivity contribution >= 4 is 21.7 Å². The number of hydrogen-bond acceptors (Lipinski definition) is 4. The van der Waals surface area contributed by atoms with Gasteiger partial charge < -0.3 is 15.4 Å². The second-order valence-corrected chi connectivity index (χ2v) is 4.25. The Morgan fingerprint density at radius 1 is 1.38 bits per heavy atom. The van der Waals surface area contributed by atoms with Crippen LogP contribution in [0.2, 0.25) is 0 Å². The monoisotopic (exact) mass is 287 g/mol. The van der Waals surface area contributed by atoms with Crippen LogP contribution in [0.15, 0.2) is 16.7 Å². The summed E-state index contributed by atoms with van der Waals surface area (Å²) in [5.74, 6) is 0.897. The summed E-state index contributed by atoms with van der Waals surface area (Å²) in [5, 5.41) is 6.53. The van der Waals surface area contributed by atoms with Crippen molar-refractivity contribution in [2.24, 2.45) is 0 Å². The van der Waals surface area contributed by atoms with E-state index in [-0.39, 0.29) is 0 Å². The van der Waals surface area contributed by atoms with Crippen LogP contribution in [0.1, 0.15) is 5.56 Å². The molecule has 0 fully saturated rings. The van der Waals surface area contributed by atoms with Crippen molar-refractivity contribution in [1.82, 2.24) is 10.3 Å². The predicted octanol–water partition coefficient (Wildman–Crippen LogP) is 1.80. The summed E-state index contributed by atoms with van der Waals surface area (Å²) in [7, 11) is 1.70. The van der Waals surface area contributed by atoms with Gasteiger partial charge in [-0.05, 0) is 34.5 Å². The maximum Gasteiger partial charge on any atom is 0.140 e. The third kappa shape index (κ3) is 4.47. The third-order valence-corrected chi connectivity index (χ3v) is 3.16. The largest absolute Gasteiger partial charge is 0.383 e. The van der Waals surface area contributed by atoms with Crippen LogP contribution >= 0.6 is 15.9 Å². The highest BCUT2D eigenvalue weighted by atomic mass is 79.9. The Bertz CT molecular complexity index is 320. The number of aryl methyl sites for hydroxylation is 1. The van der Waals surface area contributed by atoms with Crippen molar-refractivity contribution in [3.63, 3.8) is 0 Å². The van der Waals surface area contributed by atoms with Crippen molar-refractivity contribution in [1.29, 1.82) is 0 Å². The molecule has 0 unspecified atom stereocenters. The van der Waals surface area contributed by atoms with Crippen molar-refractivity contribution in [2.45, 2.75) is 6.92 Å². The van der Waals surface area contributed by atoms with Crippen LogP contribution in [0.25, 0.3) is 0 Å². The molecule has 0 spiro atoms. The first kappa shape index (κ1) is 13.4. The number of anilines is 1. The molecule has 1 heterocycles. The van der Waals surface area contributed by atoms with Crippen molar-refractivity contribution in [2.75, 3.05) is 38.7 Å². The number of rotatable bonds is 7. The number of ether oxygens (including phenoxy) is 1. The van der Waals surface area contributed by atoms with Crippen LogP contribution in [0, 0.1) is 6.92 Å². The molecule has 0 aliphatic heterocycles. The lowest BCUT2D eigenvalue weighted by atomic mass is 10.3. The molecule has 16 heavy (non-hydrogen) atoms. The first-order valence-corrected chi connectivity index (χ1v) is 6.09. The Kier molecular flexibility index (Phi) is 6.37. The van der Waals surface area contributed by atoms with Gasteiger partial charge in [0.1, 0.15) is 5.82 Å². The number of nitrogens with zero attached hydrogens (tertiary/aromatic N) is 1. The van der Waals surface area contributed by atoms with E-state index in [0.29, 0.717) is 0 Å². The Morgan fingerprint density at radius 2 is 2.19 bits per heavy atom. The van der Waals surface area contributed by atoms with Gasteiger partial charge in [-0.2, -0.15) is 0 Å². The lowest BCUT2D eigenvalue weighted by Gasteiger charge is -2.09. The summed E-state index contributed by atoms with van der Waals surface area (Å²) in [4.78, 5) is 4.26. The van der Waals surface area contributed by atoms with E-state index >= 15 is 0 Å². The fraction of sp³-hybridized carbons (Fsp3) is 0.545. The van der Waals surface area contributed by atoms with Crippen LogP contribution in [0.3, 0.4) is 0 Å². The van der Waals surface area contributed by atoms with E-state index in [1.165, 1.54) is 5.56 Å². The number of methoxy groups -OCH3 is 1. The summed E-state index contributed by atoms with van der Waals surface area (Å²) in [6, 6.07) is 1.98. The predicted molar refractivity (Wildman–Crippen MR) is 69.9 cm³/mol. The Balaban J connectivity index is 2.24. The van der Waals surface area contributed by atoms with E-state index in [1.807, 2.05) is 13.0 Å². The third-order valence-electron chi connectivity index (χ3n) is 2.16. The summed E-state index contributed by atoms with van der Waals surface area (Å²) >= 11 is 3.51. The quantitative estimate of drug-likeness (QED) is 0.751. The molecular formula is C11H18BrN3O. The van der Waals surface area contributed by atoms with E-state index in [0.717, 1.165) is 36.5 Å². The molecular weight excluding hydrogens is 270 g/mol. The molecule has 0 saturated carbocycles. The van der Waals surface area contributed by atoms with Crippen molar-refractivity contribution < 1.29 is 4.74 Å². The highest BCUT2D eigenvalue weighted by Gasteiger charge is 2.01. The van der Waals surface area contributed by atoms with E-state index in [1.54, 1.807) is 13.3 Å². The minimum atomic E-state index is 0.742. The van der Waals surface area contributed by atoms with Gasteiger partial charge >= 0.3 is 0 Å². The number of pyridine rings is 1. The topological polar surface area (TPSA) is 46.2 Å². The first-order chi connectivity index (χ1) is 7.75. The molecule has 4 nitrogen and oxygen atoms in total. The summed E-state index contributed by atoms with van der Waals surface area (Å²) in [5.41, 5.74) is 1.19. The summed E-state index contributed by atoms with van der Waals surface area (Å²) < 4.78 is 5.97. The molecule has 90 valence electrons. The molecule has 1 aromatic heterocycles. The molecule has 0 aliphatic rings. The number of aromatic nitrogens is 1. The second-order valence-electron chi connectivity index (χ2n) is 3.46. The number of hydrogen-bond donors (Lipinski definition) is 2. The summed E-state index contributed by atoms with van der Waals surface area (Å²) in [6.07, 6.45) is 1.81. The Labute approximate surface area is 105 Å². The zero-order chi connectivity index (χ0) is 11.8. The average Bonchev–Trinajstić information content (AvgIpc) is 2.29. The Morgan fingerprint density at radius 3 is 2.94 bits per heavy atom. The van der Waals surface area contributed by atoms with Crippen molar-refractivity contribution in [3.8, 4) is 0 Å². The van der Waals surface area contributed by atoms with Gasteiger partial charge in [0.2, 0.25) is 0 Å². The van der Waals surface area contributed by atoms with Crippen LogP contribution in [-0.4, -0.2) is 38.3 Å². The maximum atomic E-state index is 4.94.